The second-order valence-corrected chi connectivity index (χ2v) is 2.18. The molecule has 0 aromatic heterocycles. The largest absolute Gasteiger partial charge is 0.465 e. The Morgan fingerprint density at radius 2 is 1.79 bits per heavy atom. The number of nitrogens with zero attached hydrogens (tertiary/aromatic N) is 2. The van der Waals surface area contributed by atoms with E-state index < -0.39 is 28.4 Å². The first-order valence-electron chi connectivity index (χ1n) is 3.35. The van der Waals surface area contributed by atoms with Crippen molar-refractivity contribution in [3.8, 4) is 0 Å². The van der Waals surface area contributed by atoms with Crippen LogP contribution < -0.4 is 0 Å². The molecule has 0 aromatic carbocycles. The fourth-order valence-corrected chi connectivity index (χ4v) is 0.596. The van der Waals surface area contributed by atoms with E-state index in [1.54, 1.807) is 0 Å². The fraction of sp³-hybridized carbons (Fsp3) is 0.800. The van der Waals surface area contributed by atoms with Crippen LogP contribution >= 0.6 is 0 Å². The first kappa shape index (κ1) is 16.3. The molecule has 0 aliphatic rings. The van der Waals surface area contributed by atoms with Crippen LogP contribution in [0, 0.1) is 20.2 Å². The van der Waals surface area contributed by atoms with Gasteiger partial charge in [0, 0.05) is 58.3 Å². The third kappa shape index (κ3) is 7.32. The van der Waals surface area contributed by atoms with Crippen molar-refractivity contribution in [2.24, 2.45) is 0 Å². The summed E-state index contributed by atoms with van der Waals surface area (Å²) in [6.07, 6.45) is -2.32. The van der Waals surface area contributed by atoms with Crippen molar-refractivity contribution < 1.29 is 19.4 Å². The van der Waals surface area contributed by atoms with Gasteiger partial charge in [-0.05, 0) is 0 Å². The van der Waals surface area contributed by atoms with E-state index in [1.807, 2.05) is 0 Å². The fourth-order valence-electron chi connectivity index (χ4n) is 0.596. The van der Waals surface area contributed by atoms with Gasteiger partial charge in [0.2, 0.25) is 0 Å². The molecule has 0 saturated heterocycles. The van der Waals surface area contributed by atoms with Gasteiger partial charge in [-0.3, -0.25) is 25.0 Å². The summed E-state index contributed by atoms with van der Waals surface area (Å²) in [6, 6.07) is 0. The van der Waals surface area contributed by atoms with E-state index in [0.29, 0.717) is 0 Å². The number of esters is 1. The van der Waals surface area contributed by atoms with E-state index in [0.717, 1.165) is 6.92 Å². The van der Waals surface area contributed by atoms with E-state index in [1.165, 1.54) is 0 Å². The summed E-state index contributed by atoms with van der Waals surface area (Å²) in [5.41, 5.74) is 0. The van der Waals surface area contributed by atoms with Gasteiger partial charge in [0.05, 0.1) is 9.85 Å². The van der Waals surface area contributed by atoms with Gasteiger partial charge in [-0.1, -0.05) is 0 Å². The number of nitro groups is 2. The molecular weight excluding hydrogens is 223 g/mol. The zero-order valence-electron chi connectivity index (χ0n) is 7.84. The zero-order valence-corrected chi connectivity index (χ0v) is 11.0. The van der Waals surface area contributed by atoms with Crippen LogP contribution in [0.5, 0.6) is 0 Å². The van der Waals surface area contributed by atoms with Crippen LogP contribution in [-0.4, -0.2) is 80.0 Å². The first-order valence-corrected chi connectivity index (χ1v) is 3.35. The molecule has 0 bridgehead atoms. The monoisotopic (exact) mass is 231 g/mol. The molecule has 0 aliphatic heterocycles. The van der Waals surface area contributed by atoms with Crippen molar-refractivity contribution in [1.82, 2.24) is 0 Å². The molecule has 0 spiro atoms. The van der Waals surface area contributed by atoms with E-state index in [2.05, 4.69) is 4.74 Å². The van der Waals surface area contributed by atoms with E-state index >= 15 is 0 Å². The van der Waals surface area contributed by atoms with Crippen molar-refractivity contribution in [2.45, 2.75) is 19.5 Å². The summed E-state index contributed by atoms with van der Waals surface area (Å²) in [7, 11) is 0. The Morgan fingerprint density at radius 1 is 1.36 bits per heavy atom. The Kier molecular flexibility index (Phi) is 9.61. The van der Waals surface area contributed by atoms with Gasteiger partial charge in [-0.15, -0.1) is 0 Å². The molecule has 8 nitrogen and oxygen atoms in total. The summed E-state index contributed by atoms with van der Waals surface area (Å²) < 4.78 is 4.32. The maximum Gasteiger partial charge on any atom is 0.454 e. The molecule has 0 aliphatic carbocycles. The Bertz CT molecular complexity index is 218. The van der Waals surface area contributed by atoms with Crippen molar-refractivity contribution >= 4 is 57.4 Å². The SMILES string of the molecule is CC(=O)OCCC([N+](=O)[O-])[N+](=O)[O-].[K]. The van der Waals surface area contributed by atoms with Crippen molar-refractivity contribution in [1.29, 1.82) is 0 Å². The maximum absolute atomic E-state index is 10.2. The van der Waals surface area contributed by atoms with Gasteiger partial charge < -0.3 is 4.74 Å². The summed E-state index contributed by atoms with van der Waals surface area (Å²) in [4.78, 5) is 28.2. The Morgan fingerprint density at radius 3 is 2.07 bits per heavy atom. The normalized spacial score (nSPS) is 9.00. The third-order valence-electron chi connectivity index (χ3n) is 1.17. The van der Waals surface area contributed by atoms with Gasteiger partial charge in [0.1, 0.15) is 13.0 Å². The minimum atomic E-state index is -1.90. The van der Waals surface area contributed by atoms with Crippen LogP contribution in [0.4, 0.5) is 0 Å². The number of ether oxygens (including phenoxy) is 1. The predicted octanol–water partition coefficient (Wildman–Crippen LogP) is -0.562. The third-order valence-corrected chi connectivity index (χ3v) is 1.17. The molecular formula is C5H8KN2O6. The molecule has 1 radical (unpaired) electrons. The van der Waals surface area contributed by atoms with Crippen molar-refractivity contribution in [3.63, 3.8) is 0 Å². The van der Waals surface area contributed by atoms with Gasteiger partial charge in [-0.2, -0.15) is 0 Å². The number of rotatable bonds is 5. The van der Waals surface area contributed by atoms with Crippen LogP contribution in [0.3, 0.4) is 0 Å². The topological polar surface area (TPSA) is 113 Å². The maximum atomic E-state index is 10.2. The quantitative estimate of drug-likeness (QED) is 0.206. The Balaban J connectivity index is 0. The molecule has 9 heteroatoms. The number of hydrogen-bond acceptors (Lipinski definition) is 6. The minimum absolute atomic E-state index is 0. The smallest absolute Gasteiger partial charge is 0.454 e. The zero-order chi connectivity index (χ0) is 10.4. The van der Waals surface area contributed by atoms with E-state index in [4.69, 9.17) is 0 Å². The summed E-state index contributed by atoms with van der Waals surface area (Å²) in [6.45, 7) is 0.801. The average Bonchev–Trinajstić information content (AvgIpc) is 1.95. The molecule has 0 N–H and O–H groups in total. The molecule has 0 aromatic rings. The van der Waals surface area contributed by atoms with E-state index in [-0.39, 0.29) is 58.0 Å². The molecule has 75 valence electrons. The molecule has 0 unspecified atom stereocenters. The molecule has 0 atom stereocenters. The Hall–Kier alpha value is -0.0936. The first-order chi connectivity index (χ1) is 5.95. The van der Waals surface area contributed by atoms with Crippen LogP contribution in [0.2, 0.25) is 0 Å². The Labute approximate surface area is 122 Å². The predicted molar refractivity (Wildman–Crippen MR) is 44.8 cm³/mol. The summed E-state index contributed by atoms with van der Waals surface area (Å²) in [5, 5.41) is 20.1. The molecule has 0 rings (SSSR count). The minimum Gasteiger partial charge on any atom is -0.465 e. The summed E-state index contributed by atoms with van der Waals surface area (Å²) in [5.74, 6) is -0.620. The van der Waals surface area contributed by atoms with Crippen molar-refractivity contribution in [3.05, 3.63) is 20.2 Å². The van der Waals surface area contributed by atoms with Crippen LogP contribution in [0.25, 0.3) is 0 Å². The molecule has 0 heterocycles. The second-order valence-electron chi connectivity index (χ2n) is 2.18. The number of carbonyl (C=O) groups excluding carboxylic acids is 1. The number of hydrogen-bond donors (Lipinski definition) is 0. The number of carbonyl (C=O) groups is 1. The van der Waals surface area contributed by atoms with Crippen LogP contribution in [-0.2, 0) is 9.53 Å². The molecule has 0 fully saturated rings. The molecule has 0 amide bonds. The second kappa shape index (κ2) is 8.23. The van der Waals surface area contributed by atoms with E-state index in [9.17, 15) is 25.0 Å². The van der Waals surface area contributed by atoms with Gasteiger partial charge >= 0.3 is 12.1 Å². The molecule has 0 saturated carbocycles. The van der Waals surface area contributed by atoms with Crippen molar-refractivity contribution in [2.75, 3.05) is 6.61 Å². The van der Waals surface area contributed by atoms with Gasteiger partial charge in [-0.25, -0.2) is 0 Å². The van der Waals surface area contributed by atoms with Gasteiger partial charge in [0.25, 0.3) is 0 Å². The average molecular weight is 231 g/mol. The van der Waals surface area contributed by atoms with Crippen LogP contribution in [0.1, 0.15) is 13.3 Å². The van der Waals surface area contributed by atoms with Crippen LogP contribution in [0.15, 0.2) is 0 Å². The summed E-state index contributed by atoms with van der Waals surface area (Å²) >= 11 is 0. The molecule has 14 heavy (non-hydrogen) atoms. The standard InChI is InChI=1S/C5H8N2O6.K/c1-4(8)13-3-2-5(6(9)10)7(11)12;/h5H,2-3H2,1H3;. The van der Waals surface area contributed by atoms with Gasteiger partial charge in [0.15, 0.2) is 0 Å².